The lowest BCUT2D eigenvalue weighted by Crippen LogP contribution is -2.61. The van der Waals surface area contributed by atoms with E-state index >= 15 is 0 Å². The molecular formula is C38H59NO10. The van der Waals surface area contributed by atoms with Crippen LogP contribution in [0.25, 0.3) is 0 Å². The number of ketones is 1. The van der Waals surface area contributed by atoms with Crippen LogP contribution in [0.2, 0.25) is 0 Å². The first-order chi connectivity index (χ1) is 23.5. The molecule has 11 heteroatoms. The van der Waals surface area contributed by atoms with E-state index in [0.717, 1.165) is 31.3 Å². The summed E-state index contributed by atoms with van der Waals surface area (Å²) < 4.78 is 42.4. The maximum atomic E-state index is 14.5. The highest BCUT2D eigenvalue weighted by molar-refractivity contribution is 5.99. The number of esters is 2. The molecule has 0 aromatic carbocycles. The molecule has 11 nitrogen and oxygen atoms in total. The molecule has 0 bridgehead atoms. The monoisotopic (exact) mass is 689 g/mol. The summed E-state index contributed by atoms with van der Waals surface area (Å²) >= 11 is 0. The standard InChI is InChI=1S/C38H59NO10/c1-9-21-11-10-12-30(47-20(4)40)18(2)34(42)28-15-25-23-13-22(49-38-37(45-8)36(44-7)35(43-6)19(3)46-38)14-24(23)26-16-29(39-5)33(26)32(25)27(28)17-31(41)48-21/h15,18-19,21-27,29-30,32-33,35-39H,9-14,16-17H2,1-8H3/t18-,19?,21+,22+,23-,24-,25+,26+,27-,29?,30+,32-,33-,35+,36?,37+,38+/m1/s1. The smallest absolute Gasteiger partial charge is 0.306 e. The summed E-state index contributed by atoms with van der Waals surface area (Å²) in [7, 11) is 7.00. The summed E-state index contributed by atoms with van der Waals surface area (Å²) in [5, 5.41) is 3.57. The zero-order chi connectivity index (χ0) is 35.1. The van der Waals surface area contributed by atoms with Gasteiger partial charge in [0.2, 0.25) is 0 Å². The van der Waals surface area contributed by atoms with Crippen LogP contribution in [-0.4, -0.2) is 101 Å². The van der Waals surface area contributed by atoms with E-state index in [-0.39, 0.29) is 72.4 Å². The van der Waals surface area contributed by atoms with E-state index in [1.165, 1.54) is 6.92 Å². The average Bonchev–Trinajstić information content (AvgIpc) is 3.63. The van der Waals surface area contributed by atoms with Gasteiger partial charge in [-0.3, -0.25) is 14.4 Å². The molecule has 276 valence electrons. The Hall–Kier alpha value is -1.89. The number of hydrogen-bond donors (Lipinski definition) is 1. The predicted molar refractivity (Wildman–Crippen MR) is 179 cm³/mol. The third-order valence-corrected chi connectivity index (χ3v) is 13.2. The molecule has 0 amide bonds. The maximum Gasteiger partial charge on any atom is 0.306 e. The van der Waals surface area contributed by atoms with Gasteiger partial charge in [0.05, 0.1) is 24.5 Å². The zero-order valence-electron chi connectivity index (χ0n) is 30.6. The number of hydrogen-bond acceptors (Lipinski definition) is 11. The van der Waals surface area contributed by atoms with Crippen molar-refractivity contribution >= 4 is 17.7 Å². The Bertz CT molecular complexity index is 1240. The van der Waals surface area contributed by atoms with Crippen molar-refractivity contribution in [3.05, 3.63) is 11.6 Å². The molecule has 0 aromatic heterocycles. The molecule has 5 fully saturated rings. The van der Waals surface area contributed by atoms with Crippen LogP contribution in [0, 0.1) is 47.3 Å². The molecule has 3 saturated carbocycles. The van der Waals surface area contributed by atoms with Gasteiger partial charge in [-0.05, 0) is 100.0 Å². The molecular weight excluding hydrogens is 630 g/mol. The number of rotatable bonds is 8. The molecule has 17 atom stereocenters. The molecule has 3 unspecified atom stereocenters. The van der Waals surface area contributed by atoms with Crippen molar-refractivity contribution in [3.8, 4) is 0 Å². The number of carbonyl (C=O) groups is 3. The van der Waals surface area contributed by atoms with E-state index in [4.69, 9.17) is 33.2 Å². The van der Waals surface area contributed by atoms with E-state index in [1.807, 2.05) is 27.8 Å². The molecule has 2 aliphatic heterocycles. The third-order valence-electron chi connectivity index (χ3n) is 13.2. The molecule has 6 rings (SSSR count). The van der Waals surface area contributed by atoms with Crippen molar-refractivity contribution in [2.45, 2.75) is 134 Å². The van der Waals surface area contributed by atoms with Gasteiger partial charge in [-0.2, -0.15) is 0 Å². The first-order valence-electron chi connectivity index (χ1n) is 18.7. The van der Waals surface area contributed by atoms with Crippen molar-refractivity contribution in [2.24, 2.45) is 47.3 Å². The molecule has 0 spiro atoms. The minimum atomic E-state index is -0.599. The van der Waals surface area contributed by atoms with E-state index in [1.54, 1.807) is 21.3 Å². The van der Waals surface area contributed by atoms with Crippen molar-refractivity contribution < 1.29 is 47.5 Å². The minimum absolute atomic E-state index is 0.00359. The molecule has 2 heterocycles. The van der Waals surface area contributed by atoms with Crippen molar-refractivity contribution in [2.75, 3.05) is 28.4 Å². The summed E-state index contributed by atoms with van der Waals surface area (Å²) in [6, 6.07) is 0.321. The highest BCUT2D eigenvalue weighted by atomic mass is 16.7. The van der Waals surface area contributed by atoms with E-state index < -0.39 is 24.4 Å². The molecule has 49 heavy (non-hydrogen) atoms. The highest BCUT2D eigenvalue weighted by Crippen LogP contribution is 2.66. The van der Waals surface area contributed by atoms with Crippen LogP contribution < -0.4 is 5.32 Å². The van der Waals surface area contributed by atoms with Crippen LogP contribution in [-0.2, 0) is 47.5 Å². The Kier molecular flexibility index (Phi) is 11.6. The summed E-state index contributed by atoms with van der Waals surface area (Å²) in [4.78, 5) is 40.2. The largest absolute Gasteiger partial charge is 0.462 e. The zero-order valence-corrected chi connectivity index (χ0v) is 30.6. The Morgan fingerprint density at radius 3 is 2.31 bits per heavy atom. The second kappa shape index (κ2) is 15.4. The van der Waals surface area contributed by atoms with Gasteiger partial charge < -0.3 is 38.5 Å². The second-order valence-electron chi connectivity index (χ2n) is 15.6. The lowest BCUT2D eigenvalue weighted by Gasteiger charge is -2.59. The van der Waals surface area contributed by atoms with Gasteiger partial charge in [0, 0.05) is 40.2 Å². The maximum absolute atomic E-state index is 14.5. The number of Topliss-reactive ketones (excluding diaryl/α,β-unsaturated/α-hetero) is 1. The Balaban J connectivity index is 1.30. The quantitative estimate of drug-likeness (QED) is 0.368. The summed E-state index contributed by atoms with van der Waals surface area (Å²) in [5.41, 5.74) is 0.730. The fraction of sp³-hybridized carbons (Fsp3) is 0.868. The van der Waals surface area contributed by atoms with Crippen molar-refractivity contribution in [1.82, 2.24) is 5.32 Å². The summed E-state index contributed by atoms with van der Waals surface area (Å²) in [6.07, 6.45) is 5.26. The fourth-order valence-electron chi connectivity index (χ4n) is 11.0. The van der Waals surface area contributed by atoms with Gasteiger partial charge in [0.25, 0.3) is 0 Å². The van der Waals surface area contributed by atoms with Crippen LogP contribution in [0.15, 0.2) is 11.6 Å². The van der Waals surface area contributed by atoms with Crippen LogP contribution in [0.3, 0.4) is 0 Å². The molecule has 0 radical (unpaired) electrons. The Morgan fingerprint density at radius 1 is 0.939 bits per heavy atom. The van der Waals surface area contributed by atoms with Crippen LogP contribution >= 0.6 is 0 Å². The van der Waals surface area contributed by atoms with E-state index in [0.29, 0.717) is 49.0 Å². The molecule has 2 saturated heterocycles. The molecule has 4 aliphatic carbocycles. The Morgan fingerprint density at radius 2 is 1.65 bits per heavy atom. The molecule has 0 aromatic rings. The minimum Gasteiger partial charge on any atom is -0.462 e. The highest BCUT2D eigenvalue weighted by Gasteiger charge is 2.64. The number of methoxy groups -OCH3 is 3. The van der Waals surface area contributed by atoms with E-state index in [9.17, 15) is 14.4 Å². The summed E-state index contributed by atoms with van der Waals surface area (Å²) in [5.74, 6) is 0.492. The van der Waals surface area contributed by atoms with Crippen LogP contribution in [0.5, 0.6) is 0 Å². The van der Waals surface area contributed by atoms with Crippen LogP contribution in [0.1, 0.15) is 79.1 Å². The lowest BCUT2D eigenvalue weighted by molar-refractivity contribution is -0.314. The lowest BCUT2D eigenvalue weighted by atomic mass is 9.47. The average molecular weight is 690 g/mol. The second-order valence-corrected chi connectivity index (χ2v) is 15.6. The van der Waals surface area contributed by atoms with Gasteiger partial charge >= 0.3 is 11.9 Å². The predicted octanol–water partition coefficient (Wildman–Crippen LogP) is 4.25. The molecule has 1 N–H and O–H groups in total. The third kappa shape index (κ3) is 6.89. The SMILES string of the molecule is CC[C@H]1CCC[C@H](OC(C)=O)[C@@H](C)C(=O)C2=C[C@H]3[C@@H]4C[C@H](O[C@@H]5OC(C)[C@H](OC)C(OC)[C@@H]5OC)C[C@H]4[C@@H]4CC(NC)[C@@H]4[C@H]3[C@@H]2CC(=O)O1. The number of fused-ring (bicyclic) bond motifs is 8. The van der Waals surface area contributed by atoms with Gasteiger partial charge in [-0.15, -0.1) is 0 Å². The first-order valence-corrected chi connectivity index (χ1v) is 18.7. The number of nitrogens with one attached hydrogen (secondary N) is 1. The number of carbonyl (C=O) groups excluding carboxylic acids is 3. The number of allylic oxidation sites excluding steroid dienone is 2. The first kappa shape index (κ1) is 36.9. The van der Waals surface area contributed by atoms with Gasteiger partial charge in [0.15, 0.2) is 12.1 Å². The Labute approximate surface area is 291 Å². The van der Waals surface area contributed by atoms with Gasteiger partial charge in [-0.25, -0.2) is 0 Å². The topological polar surface area (TPSA) is 128 Å². The van der Waals surface area contributed by atoms with Crippen LogP contribution in [0.4, 0.5) is 0 Å². The van der Waals surface area contributed by atoms with Crippen molar-refractivity contribution in [3.63, 3.8) is 0 Å². The normalized spacial score (nSPS) is 46.9. The van der Waals surface area contributed by atoms with E-state index in [2.05, 4.69) is 11.4 Å². The van der Waals surface area contributed by atoms with Gasteiger partial charge in [0.1, 0.15) is 30.5 Å². The summed E-state index contributed by atoms with van der Waals surface area (Å²) in [6.45, 7) is 7.30. The molecule has 6 aliphatic rings. The fourth-order valence-corrected chi connectivity index (χ4v) is 11.0. The van der Waals surface area contributed by atoms with Gasteiger partial charge in [-0.1, -0.05) is 19.9 Å². The number of cyclic esters (lactones) is 1. The van der Waals surface area contributed by atoms with Crippen molar-refractivity contribution in [1.29, 1.82) is 0 Å². The number of ether oxygens (including phenoxy) is 7.